The van der Waals surface area contributed by atoms with Gasteiger partial charge in [0, 0.05) is 41.1 Å². The zero-order valence-electron chi connectivity index (χ0n) is 13.9. The maximum atomic E-state index is 13.0. The third-order valence-electron chi connectivity index (χ3n) is 4.98. The summed E-state index contributed by atoms with van der Waals surface area (Å²) in [6, 6.07) is 13.0. The van der Waals surface area contributed by atoms with E-state index in [2.05, 4.69) is 11.1 Å². The lowest BCUT2D eigenvalue weighted by Gasteiger charge is -2.17. The predicted molar refractivity (Wildman–Crippen MR) is 101 cm³/mol. The Bertz CT molecular complexity index is 1040. The molecule has 1 atom stereocenters. The second-order valence-corrected chi connectivity index (χ2v) is 8.89. The maximum absolute atomic E-state index is 13.0. The van der Waals surface area contributed by atoms with E-state index in [9.17, 15) is 8.42 Å². The van der Waals surface area contributed by atoms with Gasteiger partial charge in [0.15, 0.2) is 0 Å². The van der Waals surface area contributed by atoms with Crippen LogP contribution in [0.2, 0.25) is 5.02 Å². The number of halogens is 1. The van der Waals surface area contributed by atoms with Gasteiger partial charge in [-0.1, -0.05) is 29.8 Å². The molecule has 25 heavy (non-hydrogen) atoms. The van der Waals surface area contributed by atoms with Crippen LogP contribution in [0, 0.1) is 6.92 Å². The Morgan fingerprint density at radius 3 is 2.80 bits per heavy atom. The molecule has 1 saturated heterocycles. The maximum Gasteiger partial charge on any atom is 0.243 e. The Balaban J connectivity index is 1.62. The van der Waals surface area contributed by atoms with Crippen LogP contribution in [0.1, 0.15) is 23.5 Å². The van der Waals surface area contributed by atoms with E-state index in [1.54, 1.807) is 22.5 Å². The molecule has 6 heteroatoms. The van der Waals surface area contributed by atoms with Gasteiger partial charge in [-0.3, -0.25) is 0 Å². The average Bonchev–Trinajstić information content (AvgIpc) is 3.23. The van der Waals surface area contributed by atoms with Crippen LogP contribution in [0.5, 0.6) is 0 Å². The molecule has 0 bridgehead atoms. The van der Waals surface area contributed by atoms with Gasteiger partial charge in [0.2, 0.25) is 10.0 Å². The van der Waals surface area contributed by atoms with Gasteiger partial charge >= 0.3 is 0 Å². The number of aromatic amines is 1. The normalized spacial score (nSPS) is 18.9. The van der Waals surface area contributed by atoms with Crippen molar-refractivity contribution in [3.05, 3.63) is 64.8 Å². The third kappa shape index (κ3) is 2.86. The lowest BCUT2D eigenvalue weighted by Crippen LogP contribution is -2.28. The summed E-state index contributed by atoms with van der Waals surface area (Å²) >= 11 is 6.02. The third-order valence-corrected chi connectivity index (χ3v) is 7.26. The van der Waals surface area contributed by atoms with E-state index >= 15 is 0 Å². The summed E-state index contributed by atoms with van der Waals surface area (Å²) in [6.45, 7) is 2.86. The van der Waals surface area contributed by atoms with Crippen LogP contribution in [-0.2, 0) is 10.0 Å². The van der Waals surface area contributed by atoms with Crippen LogP contribution in [0.15, 0.2) is 53.6 Å². The number of H-pyrrole nitrogens is 1. The summed E-state index contributed by atoms with van der Waals surface area (Å²) in [7, 11) is -3.49. The van der Waals surface area contributed by atoms with E-state index in [4.69, 9.17) is 11.6 Å². The molecule has 1 N–H and O–H groups in total. The minimum atomic E-state index is -3.49. The van der Waals surface area contributed by atoms with Crippen LogP contribution in [0.4, 0.5) is 0 Å². The highest BCUT2D eigenvalue weighted by molar-refractivity contribution is 7.89. The standard InChI is InChI=1S/C19H19ClN2O2S/c1-13-10-15(6-7-18(13)20)25(23,24)22-9-8-14(12-22)17-11-21-19-5-3-2-4-16(17)19/h2-7,10-11,14,21H,8-9,12H2,1H3. The Morgan fingerprint density at radius 1 is 1.20 bits per heavy atom. The molecular formula is C19H19ClN2O2S. The number of para-hydroxylation sites is 1. The van der Waals surface area contributed by atoms with Gasteiger partial charge < -0.3 is 4.98 Å². The Morgan fingerprint density at radius 2 is 2.00 bits per heavy atom. The Kier molecular flexibility index (Phi) is 4.10. The van der Waals surface area contributed by atoms with Crippen molar-refractivity contribution < 1.29 is 8.42 Å². The van der Waals surface area contributed by atoms with Gasteiger partial charge in [0.1, 0.15) is 0 Å². The number of hydrogen-bond acceptors (Lipinski definition) is 2. The van der Waals surface area contributed by atoms with E-state index in [1.807, 2.05) is 31.3 Å². The molecular weight excluding hydrogens is 356 g/mol. The smallest absolute Gasteiger partial charge is 0.243 e. The van der Waals surface area contributed by atoms with E-state index in [0.717, 1.165) is 17.5 Å². The number of rotatable bonds is 3. The van der Waals surface area contributed by atoms with E-state index < -0.39 is 10.0 Å². The first-order valence-corrected chi connectivity index (χ1v) is 10.1. The highest BCUT2D eigenvalue weighted by Gasteiger charge is 2.34. The molecule has 3 aromatic rings. The topological polar surface area (TPSA) is 53.2 Å². The van der Waals surface area contributed by atoms with Crippen LogP contribution in [-0.4, -0.2) is 30.8 Å². The average molecular weight is 375 g/mol. The van der Waals surface area contributed by atoms with Crippen molar-refractivity contribution in [2.24, 2.45) is 0 Å². The SMILES string of the molecule is Cc1cc(S(=O)(=O)N2CCC(c3c[nH]c4ccccc34)C2)ccc1Cl. The number of fused-ring (bicyclic) bond motifs is 1. The zero-order valence-corrected chi connectivity index (χ0v) is 15.4. The summed E-state index contributed by atoms with van der Waals surface area (Å²) in [4.78, 5) is 3.60. The largest absolute Gasteiger partial charge is 0.361 e. The van der Waals surface area contributed by atoms with E-state index in [1.165, 1.54) is 10.9 Å². The van der Waals surface area contributed by atoms with Crippen molar-refractivity contribution in [1.82, 2.24) is 9.29 Å². The molecule has 1 fully saturated rings. The molecule has 130 valence electrons. The minimum Gasteiger partial charge on any atom is -0.361 e. The molecule has 4 nitrogen and oxygen atoms in total. The lowest BCUT2D eigenvalue weighted by molar-refractivity contribution is 0.473. The summed E-state index contributed by atoms with van der Waals surface area (Å²) in [5.74, 6) is 0.208. The number of hydrogen-bond donors (Lipinski definition) is 1. The van der Waals surface area contributed by atoms with Crippen LogP contribution in [0.3, 0.4) is 0 Å². The van der Waals surface area contributed by atoms with Crippen molar-refractivity contribution in [3.8, 4) is 0 Å². The molecule has 0 spiro atoms. The molecule has 2 heterocycles. The first-order chi connectivity index (χ1) is 12.0. The molecule has 4 rings (SSSR count). The summed E-state index contributed by atoms with van der Waals surface area (Å²) < 4.78 is 27.5. The fourth-order valence-corrected chi connectivity index (χ4v) is 5.26. The van der Waals surface area contributed by atoms with Crippen LogP contribution >= 0.6 is 11.6 Å². The zero-order chi connectivity index (χ0) is 17.6. The molecule has 0 radical (unpaired) electrons. The minimum absolute atomic E-state index is 0.208. The molecule has 1 aromatic heterocycles. The van der Waals surface area contributed by atoms with Gasteiger partial charge in [-0.2, -0.15) is 4.31 Å². The van der Waals surface area contributed by atoms with Crippen molar-refractivity contribution in [2.75, 3.05) is 13.1 Å². The number of aromatic nitrogens is 1. The highest BCUT2D eigenvalue weighted by Crippen LogP contribution is 2.35. The van der Waals surface area contributed by atoms with Gasteiger partial charge in [-0.05, 0) is 48.7 Å². The first-order valence-electron chi connectivity index (χ1n) is 8.29. The molecule has 0 aliphatic carbocycles. The Hall–Kier alpha value is -1.82. The summed E-state index contributed by atoms with van der Waals surface area (Å²) in [6.07, 6.45) is 2.84. The molecule has 1 aliphatic rings. The van der Waals surface area contributed by atoms with Crippen molar-refractivity contribution in [1.29, 1.82) is 0 Å². The number of nitrogens with one attached hydrogen (secondary N) is 1. The van der Waals surface area contributed by atoms with Crippen LogP contribution in [0.25, 0.3) is 10.9 Å². The second-order valence-electron chi connectivity index (χ2n) is 6.55. The molecule has 0 amide bonds. The molecule has 1 unspecified atom stereocenters. The lowest BCUT2D eigenvalue weighted by atomic mass is 9.98. The van der Waals surface area contributed by atoms with Gasteiger partial charge in [0.05, 0.1) is 4.90 Å². The number of aryl methyl sites for hydroxylation is 1. The number of benzene rings is 2. The monoisotopic (exact) mass is 374 g/mol. The van der Waals surface area contributed by atoms with E-state index in [-0.39, 0.29) is 5.92 Å². The van der Waals surface area contributed by atoms with Crippen molar-refractivity contribution in [2.45, 2.75) is 24.2 Å². The van der Waals surface area contributed by atoms with Gasteiger partial charge in [-0.25, -0.2) is 8.42 Å². The van der Waals surface area contributed by atoms with Gasteiger partial charge in [-0.15, -0.1) is 0 Å². The van der Waals surface area contributed by atoms with E-state index in [0.29, 0.717) is 23.0 Å². The van der Waals surface area contributed by atoms with Crippen molar-refractivity contribution in [3.63, 3.8) is 0 Å². The molecule has 1 aliphatic heterocycles. The quantitative estimate of drug-likeness (QED) is 0.742. The highest BCUT2D eigenvalue weighted by atomic mass is 35.5. The Labute approximate surface area is 152 Å². The number of sulfonamides is 1. The number of nitrogens with zero attached hydrogens (tertiary/aromatic N) is 1. The van der Waals surface area contributed by atoms with Crippen LogP contribution < -0.4 is 0 Å². The second kappa shape index (κ2) is 6.16. The first kappa shape index (κ1) is 16.6. The van der Waals surface area contributed by atoms with Gasteiger partial charge in [0.25, 0.3) is 0 Å². The fourth-order valence-electron chi connectivity index (χ4n) is 3.56. The van der Waals surface area contributed by atoms with Crippen molar-refractivity contribution >= 4 is 32.5 Å². The molecule has 0 saturated carbocycles. The predicted octanol–water partition coefficient (Wildman–Crippen LogP) is 4.31. The summed E-state index contributed by atoms with van der Waals surface area (Å²) in [5.41, 5.74) is 3.06. The molecule has 2 aromatic carbocycles. The summed E-state index contributed by atoms with van der Waals surface area (Å²) in [5, 5.41) is 1.76. The fraction of sp³-hybridized carbons (Fsp3) is 0.263.